The Hall–Kier alpha value is -3.13. The molecule has 1 aliphatic carbocycles. The first kappa shape index (κ1) is 21.4. The van der Waals surface area contributed by atoms with E-state index in [1.165, 1.54) is 16.5 Å². The van der Waals surface area contributed by atoms with Gasteiger partial charge in [-0.3, -0.25) is 15.1 Å². The Morgan fingerprint density at radius 1 is 1.15 bits per heavy atom. The zero-order valence-electron chi connectivity index (χ0n) is 19.1. The molecule has 178 valence electrons. The largest absolute Gasteiger partial charge is 0.385 e. The molecule has 2 aromatic carbocycles. The third-order valence-electron chi connectivity index (χ3n) is 7.42. The van der Waals surface area contributed by atoms with Crippen LogP contribution in [0, 0.1) is 17.7 Å². The second kappa shape index (κ2) is 8.58. The molecule has 0 spiro atoms. The lowest BCUT2D eigenvalue weighted by Crippen LogP contribution is -2.41. The summed E-state index contributed by atoms with van der Waals surface area (Å²) in [7, 11) is 0. The number of hydrogen-bond acceptors (Lipinski definition) is 6. The fraction of sp³-hybridized carbons (Fsp3) is 0.462. The lowest BCUT2D eigenvalue weighted by atomic mass is 9.97. The van der Waals surface area contributed by atoms with E-state index in [1.807, 2.05) is 17.0 Å². The Morgan fingerprint density at radius 3 is 2.79 bits per heavy atom. The van der Waals surface area contributed by atoms with Gasteiger partial charge in [0.15, 0.2) is 0 Å². The van der Waals surface area contributed by atoms with Gasteiger partial charge < -0.3 is 15.3 Å². The molecule has 4 aliphatic rings. The summed E-state index contributed by atoms with van der Waals surface area (Å²) in [5, 5.41) is 18.2. The number of aliphatic hydroxyl groups is 1. The Morgan fingerprint density at radius 2 is 1.97 bits per heavy atom. The number of amides is 1. The van der Waals surface area contributed by atoms with Crippen LogP contribution < -0.4 is 15.6 Å². The number of carbonyl (C=O) groups excluding carboxylic acids is 1. The van der Waals surface area contributed by atoms with Crippen molar-refractivity contribution in [3.05, 3.63) is 47.8 Å². The van der Waals surface area contributed by atoms with E-state index in [2.05, 4.69) is 28.0 Å². The van der Waals surface area contributed by atoms with E-state index >= 15 is 4.39 Å². The number of fused-ring (bicyclic) bond motifs is 1. The smallest absolute Gasteiger partial charge is 0.225 e. The second-order valence-electron chi connectivity index (χ2n) is 9.89. The van der Waals surface area contributed by atoms with Crippen molar-refractivity contribution < 1.29 is 14.3 Å². The highest BCUT2D eigenvalue weighted by Crippen LogP contribution is 2.35. The van der Waals surface area contributed by atoms with E-state index in [0.29, 0.717) is 24.5 Å². The van der Waals surface area contributed by atoms with Crippen LogP contribution in [0.25, 0.3) is 11.1 Å². The summed E-state index contributed by atoms with van der Waals surface area (Å²) in [5.41, 5.74) is 7.13. The van der Waals surface area contributed by atoms with Gasteiger partial charge in [-0.2, -0.15) is 5.10 Å². The first-order valence-electron chi connectivity index (χ1n) is 12.3. The molecule has 1 amide bonds. The van der Waals surface area contributed by atoms with Crippen LogP contribution >= 0.6 is 0 Å². The molecule has 2 atom stereocenters. The number of likely N-dealkylation sites (tertiary alicyclic amines) is 1. The number of anilines is 2. The predicted octanol–water partition coefficient (Wildman–Crippen LogP) is 3.50. The molecule has 1 saturated carbocycles. The van der Waals surface area contributed by atoms with Crippen LogP contribution in [0.15, 0.2) is 41.5 Å². The van der Waals surface area contributed by atoms with Crippen molar-refractivity contribution in [2.75, 3.05) is 29.9 Å². The Labute approximate surface area is 198 Å². The van der Waals surface area contributed by atoms with Crippen LogP contribution in [0.5, 0.6) is 0 Å². The van der Waals surface area contributed by atoms with Crippen molar-refractivity contribution >= 4 is 23.1 Å². The van der Waals surface area contributed by atoms with E-state index in [1.54, 1.807) is 6.07 Å². The molecular weight excluding hydrogens is 433 g/mol. The Kier molecular flexibility index (Phi) is 5.40. The van der Waals surface area contributed by atoms with Gasteiger partial charge in [-0.25, -0.2) is 4.39 Å². The van der Waals surface area contributed by atoms with Crippen molar-refractivity contribution in [3.63, 3.8) is 0 Å². The van der Waals surface area contributed by atoms with Gasteiger partial charge in [-0.05, 0) is 72.9 Å². The molecule has 34 heavy (non-hydrogen) atoms. The molecule has 6 rings (SSSR count). The minimum Gasteiger partial charge on any atom is -0.385 e. The normalized spacial score (nSPS) is 23.9. The van der Waals surface area contributed by atoms with Crippen molar-refractivity contribution in [2.24, 2.45) is 16.9 Å². The molecule has 3 aliphatic heterocycles. The topological polar surface area (TPSA) is 80.2 Å². The van der Waals surface area contributed by atoms with Gasteiger partial charge in [-0.15, -0.1) is 0 Å². The fourth-order valence-electron chi connectivity index (χ4n) is 5.37. The number of hydrogen-bond donors (Lipinski definition) is 3. The van der Waals surface area contributed by atoms with Gasteiger partial charge in [0.1, 0.15) is 11.7 Å². The van der Waals surface area contributed by atoms with E-state index in [-0.39, 0.29) is 17.7 Å². The summed E-state index contributed by atoms with van der Waals surface area (Å²) in [4.78, 5) is 15.9. The summed E-state index contributed by atoms with van der Waals surface area (Å²) in [6.07, 6.45) is 4.56. The summed E-state index contributed by atoms with van der Waals surface area (Å²) in [5.74, 6) is 0.936. The summed E-state index contributed by atoms with van der Waals surface area (Å²) in [6.45, 7) is 2.42. The molecule has 7 nitrogen and oxygen atoms in total. The van der Waals surface area contributed by atoms with Gasteiger partial charge in [0, 0.05) is 37.7 Å². The third-order valence-corrected chi connectivity index (χ3v) is 7.42. The monoisotopic (exact) mass is 463 g/mol. The maximum Gasteiger partial charge on any atom is 0.225 e. The molecular formula is C26H30FN5O2. The van der Waals surface area contributed by atoms with Crippen molar-refractivity contribution in [2.45, 2.75) is 44.9 Å². The van der Waals surface area contributed by atoms with Crippen LogP contribution in [0.3, 0.4) is 0 Å². The molecule has 2 aromatic rings. The minimum atomic E-state index is -1.12. The molecule has 3 N–H and O–H groups in total. The van der Waals surface area contributed by atoms with Gasteiger partial charge in [-0.1, -0.05) is 18.2 Å². The van der Waals surface area contributed by atoms with Gasteiger partial charge in [0.25, 0.3) is 0 Å². The first-order chi connectivity index (χ1) is 16.6. The standard InChI is InChI=1S/C26H30FN5O2/c27-21-13-19(20-6-3-17-2-1-10-28-22(17)14-20)7-8-23(21)32-24(29-30-26(32)34)12-16-9-11-31(15-16)25(33)18-4-5-18/h3,6-8,13-14,16,18,26,28,30,34H,1-2,4-5,9-12,15H2/t16-,26?/m0/s1. The number of halogens is 1. The maximum absolute atomic E-state index is 15.3. The van der Waals surface area contributed by atoms with Crippen molar-refractivity contribution in [1.82, 2.24) is 10.3 Å². The minimum absolute atomic E-state index is 0.223. The number of nitrogens with zero attached hydrogens (tertiary/aromatic N) is 3. The number of aryl methyl sites for hydroxylation is 1. The molecule has 1 unspecified atom stereocenters. The zero-order chi connectivity index (χ0) is 23.2. The second-order valence-corrected chi connectivity index (χ2v) is 9.89. The van der Waals surface area contributed by atoms with E-state index < -0.39 is 12.2 Å². The highest BCUT2D eigenvalue weighted by Gasteiger charge is 2.38. The van der Waals surface area contributed by atoms with E-state index in [4.69, 9.17) is 0 Å². The highest BCUT2D eigenvalue weighted by molar-refractivity contribution is 5.99. The average molecular weight is 464 g/mol. The number of amidine groups is 1. The number of rotatable bonds is 5. The quantitative estimate of drug-likeness (QED) is 0.633. The molecule has 2 fully saturated rings. The molecule has 0 radical (unpaired) electrons. The van der Waals surface area contributed by atoms with Crippen LogP contribution in [0.4, 0.5) is 15.8 Å². The zero-order valence-corrected chi connectivity index (χ0v) is 19.1. The SMILES string of the molecule is O=C(C1CC1)N1CC[C@@H](CC2=NNC(O)N2c2ccc(-c3ccc4c(c3)NCCC4)cc2F)C1. The van der Waals surface area contributed by atoms with Crippen LogP contribution in [0.1, 0.15) is 37.7 Å². The molecule has 1 saturated heterocycles. The number of hydrazone groups is 1. The highest BCUT2D eigenvalue weighted by atomic mass is 19.1. The maximum atomic E-state index is 15.3. The molecule has 0 bridgehead atoms. The lowest BCUT2D eigenvalue weighted by molar-refractivity contribution is -0.131. The van der Waals surface area contributed by atoms with Crippen LogP contribution in [-0.4, -0.2) is 47.7 Å². The fourth-order valence-corrected chi connectivity index (χ4v) is 5.37. The number of carbonyl (C=O) groups is 1. The Balaban J connectivity index is 1.18. The summed E-state index contributed by atoms with van der Waals surface area (Å²) >= 11 is 0. The third kappa shape index (κ3) is 4.00. The van der Waals surface area contributed by atoms with Crippen molar-refractivity contribution in [1.29, 1.82) is 0 Å². The lowest BCUT2D eigenvalue weighted by Gasteiger charge is -2.25. The van der Waals surface area contributed by atoms with E-state index in [9.17, 15) is 9.90 Å². The predicted molar refractivity (Wildman–Crippen MR) is 130 cm³/mol. The van der Waals surface area contributed by atoms with E-state index in [0.717, 1.165) is 62.0 Å². The number of benzene rings is 2. The number of aliphatic hydroxyl groups excluding tert-OH is 1. The molecule has 3 heterocycles. The van der Waals surface area contributed by atoms with Gasteiger partial charge in [0.2, 0.25) is 12.3 Å². The van der Waals surface area contributed by atoms with Crippen LogP contribution in [0.2, 0.25) is 0 Å². The van der Waals surface area contributed by atoms with Gasteiger partial charge >= 0.3 is 0 Å². The molecule has 0 aromatic heterocycles. The van der Waals surface area contributed by atoms with Crippen molar-refractivity contribution in [3.8, 4) is 11.1 Å². The van der Waals surface area contributed by atoms with Crippen LogP contribution in [-0.2, 0) is 11.2 Å². The summed E-state index contributed by atoms with van der Waals surface area (Å²) < 4.78 is 15.3. The summed E-state index contributed by atoms with van der Waals surface area (Å²) in [6, 6.07) is 11.3. The Bertz CT molecular complexity index is 1150. The first-order valence-corrected chi connectivity index (χ1v) is 12.3. The molecule has 8 heteroatoms. The van der Waals surface area contributed by atoms with Gasteiger partial charge in [0.05, 0.1) is 5.69 Å². The average Bonchev–Trinajstić information content (AvgIpc) is 3.50. The number of nitrogens with one attached hydrogen (secondary N) is 2.